The van der Waals surface area contributed by atoms with E-state index in [1.807, 2.05) is 61.9 Å². The van der Waals surface area contributed by atoms with E-state index in [1.54, 1.807) is 23.0 Å². The average molecular weight is 563 g/mol. The summed E-state index contributed by atoms with van der Waals surface area (Å²) in [6.07, 6.45) is 7.40. The summed E-state index contributed by atoms with van der Waals surface area (Å²) in [6.45, 7) is 6.54. The van der Waals surface area contributed by atoms with Gasteiger partial charge in [-0.15, -0.1) is 0 Å². The molecule has 0 aliphatic carbocycles. The van der Waals surface area contributed by atoms with Gasteiger partial charge in [0, 0.05) is 54.4 Å². The summed E-state index contributed by atoms with van der Waals surface area (Å²) in [5, 5.41) is 8.93. The molecule has 1 saturated heterocycles. The van der Waals surface area contributed by atoms with E-state index in [0.29, 0.717) is 47.3 Å². The van der Waals surface area contributed by atoms with E-state index in [9.17, 15) is 9.59 Å². The van der Waals surface area contributed by atoms with Gasteiger partial charge < -0.3 is 15.1 Å². The smallest absolute Gasteiger partial charge is 0.260 e. The van der Waals surface area contributed by atoms with Crippen molar-refractivity contribution >= 4 is 40.2 Å². The van der Waals surface area contributed by atoms with Crippen LogP contribution >= 0.6 is 11.6 Å². The molecular weight excluding hydrogens is 528 g/mol. The van der Waals surface area contributed by atoms with Crippen molar-refractivity contribution in [3.63, 3.8) is 0 Å². The second kappa shape index (κ2) is 11.8. The van der Waals surface area contributed by atoms with Crippen molar-refractivity contribution in [2.24, 2.45) is 0 Å². The number of fused-ring (bicyclic) bond motifs is 1. The largest absolute Gasteiger partial charge is 0.341 e. The Morgan fingerprint density at radius 3 is 2.77 bits per heavy atom. The molecule has 210 valence electrons. The van der Waals surface area contributed by atoms with Crippen LogP contribution in [0.3, 0.4) is 0 Å². The fraction of sp³-hybridized carbons (Fsp3) is 0.414. The molecule has 1 aliphatic heterocycles. The Hall–Kier alpha value is -3.76. The zero-order chi connectivity index (χ0) is 28.4. The molecule has 1 aliphatic rings. The van der Waals surface area contributed by atoms with Crippen LogP contribution in [0.4, 0.5) is 11.6 Å². The number of aryl methyl sites for hydroxylation is 1. The number of aromatic nitrogens is 5. The molecule has 3 aromatic heterocycles. The number of likely N-dealkylation sites (tertiary alicyclic amines) is 1. The standard InChI is InChI=1S/C29H35ClN8O2/c1-5-25(39)36-12-8-9-21(18-36)38-27-23(19(2)26(28(38)40)22-10-6-7-11-24(22)30)16-31-29(34-27)33-20-15-32-37(17-20)14-13-35(3)4/h6-7,10-11,15-17,21H,5,8-9,12-14,18H2,1-4H3,(H,31,33,34)/t21-/m0/s1. The molecule has 1 amide bonds. The summed E-state index contributed by atoms with van der Waals surface area (Å²) in [6, 6.07) is 7.15. The molecule has 1 fully saturated rings. The number of likely N-dealkylation sites (N-methyl/N-ethyl adjacent to an activating group) is 1. The first-order chi connectivity index (χ1) is 19.3. The molecule has 4 heterocycles. The van der Waals surface area contributed by atoms with Crippen molar-refractivity contribution in [1.29, 1.82) is 0 Å². The molecule has 10 nitrogen and oxygen atoms in total. The van der Waals surface area contributed by atoms with Gasteiger partial charge in [0.05, 0.1) is 30.0 Å². The number of carbonyl (C=O) groups excluding carboxylic acids is 1. The first-order valence-electron chi connectivity index (χ1n) is 13.7. The minimum absolute atomic E-state index is 0.0868. The highest BCUT2D eigenvalue weighted by Crippen LogP contribution is 2.33. The maximum absolute atomic E-state index is 14.3. The number of pyridine rings is 1. The third-order valence-corrected chi connectivity index (χ3v) is 7.76. The van der Waals surface area contributed by atoms with Crippen molar-refractivity contribution in [2.45, 2.75) is 45.7 Å². The molecule has 0 unspecified atom stereocenters. The van der Waals surface area contributed by atoms with Crippen LogP contribution in [0.25, 0.3) is 22.2 Å². The monoisotopic (exact) mass is 562 g/mol. The van der Waals surface area contributed by atoms with Gasteiger partial charge >= 0.3 is 0 Å². The van der Waals surface area contributed by atoms with Gasteiger partial charge in [0.1, 0.15) is 5.65 Å². The predicted octanol–water partition coefficient (Wildman–Crippen LogP) is 4.50. The predicted molar refractivity (Wildman–Crippen MR) is 158 cm³/mol. The molecule has 1 aromatic carbocycles. The molecular formula is C29H35ClN8O2. The minimum atomic E-state index is -0.224. The summed E-state index contributed by atoms with van der Waals surface area (Å²) >= 11 is 6.58. The van der Waals surface area contributed by atoms with Gasteiger partial charge in [-0.25, -0.2) is 4.98 Å². The van der Waals surface area contributed by atoms with E-state index >= 15 is 0 Å². The molecule has 0 saturated carbocycles. The Morgan fingerprint density at radius 1 is 1.23 bits per heavy atom. The number of hydrogen-bond donors (Lipinski definition) is 1. The lowest BCUT2D eigenvalue weighted by Crippen LogP contribution is -2.43. The number of anilines is 2. The molecule has 11 heteroatoms. The summed E-state index contributed by atoms with van der Waals surface area (Å²) in [5.74, 6) is 0.457. The van der Waals surface area contributed by atoms with Crippen LogP contribution in [0.15, 0.2) is 47.7 Å². The quantitative estimate of drug-likeness (QED) is 0.337. The number of hydrogen-bond acceptors (Lipinski definition) is 7. The Balaban J connectivity index is 1.62. The Morgan fingerprint density at radius 2 is 2.02 bits per heavy atom. The van der Waals surface area contributed by atoms with Crippen LogP contribution in [-0.2, 0) is 11.3 Å². The number of benzene rings is 1. The van der Waals surface area contributed by atoms with Crippen LogP contribution in [0.1, 0.15) is 37.8 Å². The summed E-state index contributed by atoms with van der Waals surface area (Å²) in [5.41, 5.74) is 3.09. The molecule has 0 spiro atoms. The van der Waals surface area contributed by atoms with Gasteiger partial charge in [-0.1, -0.05) is 36.7 Å². The summed E-state index contributed by atoms with van der Waals surface area (Å²) in [4.78, 5) is 40.3. The second-order valence-electron chi connectivity index (χ2n) is 10.5. The fourth-order valence-electron chi connectivity index (χ4n) is 5.31. The van der Waals surface area contributed by atoms with Gasteiger partial charge in [0.15, 0.2) is 0 Å². The van der Waals surface area contributed by atoms with Crippen LogP contribution in [0.5, 0.6) is 0 Å². The molecule has 40 heavy (non-hydrogen) atoms. The van der Waals surface area contributed by atoms with E-state index in [2.05, 4.69) is 20.3 Å². The minimum Gasteiger partial charge on any atom is -0.341 e. The zero-order valence-electron chi connectivity index (χ0n) is 23.4. The number of nitrogens with one attached hydrogen (secondary N) is 1. The van der Waals surface area contributed by atoms with Crippen molar-refractivity contribution < 1.29 is 4.79 Å². The maximum atomic E-state index is 14.3. The lowest BCUT2D eigenvalue weighted by atomic mass is 9.98. The normalized spacial score (nSPS) is 15.7. The first kappa shape index (κ1) is 27.8. The number of amides is 1. The van der Waals surface area contributed by atoms with Crippen molar-refractivity contribution in [1.82, 2.24) is 34.1 Å². The van der Waals surface area contributed by atoms with Crippen LogP contribution < -0.4 is 10.9 Å². The molecule has 4 aromatic rings. The van der Waals surface area contributed by atoms with Crippen LogP contribution in [-0.4, -0.2) is 73.8 Å². The molecule has 1 N–H and O–H groups in total. The third kappa shape index (κ3) is 5.59. The van der Waals surface area contributed by atoms with Gasteiger partial charge in [0.25, 0.3) is 5.56 Å². The van der Waals surface area contributed by atoms with Gasteiger partial charge in [-0.2, -0.15) is 10.1 Å². The van der Waals surface area contributed by atoms with Crippen LogP contribution in [0, 0.1) is 6.92 Å². The van der Waals surface area contributed by atoms with Crippen molar-refractivity contribution in [2.75, 3.05) is 39.0 Å². The Labute approximate surface area is 238 Å². The number of halogens is 1. The van der Waals surface area contributed by atoms with Crippen molar-refractivity contribution in [3.8, 4) is 11.1 Å². The SMILES string of the molecule is CCC(=O)N1CCC[C@H](n2c(=O)c(-c3ccccc3Cl)c(C)c3cnc(Nc4cnn(CCN(C)C)c4)nc32)C1. The number of rotatable bonds is 8. The van der Waals surface area contributed by atoms with E-state index in [0.717, 1.165) is 42.6 Å². The molecule has 1 atom stereocenters. The van der Waals surface area contributed by atoms with E-state index in [4.69, 9.17) is 16.6 Å². The van der Waals surface area contributed by atoms with Gasteiger partial charge in [0.2, 0.25) is 11.9 Å². The van der Waals surface area contributed by atoms with Crippen LogP contribution in [0.2, 0.25) is 5.02 Å². The van der Waals surface area contributed by atoms with Gasteiger partial charge in [-0.3, -0.25) is 18.8 Å². The van der Waals surface area contributed by atoms with Gasteiger partial charge in [-0.05, 0) is 45.5 Å². The fourth-order valence-corrected chi connectivity index (χ4v) is 5.54. The molecule has 0 bridgehead atoms. The number of nitrogens with zero attached hydrogens (tertiary/aromatic N) is 7. The Kier molecular flexibility index (Phi) is 8.18. The van der Waals surface area contributed by atoms with Crippen molar-refractivity contribution in [3.05, 3.63) is 63.8 Å². The summed E-state index contributed by atoms with van der Waals surface area (Å²) < 4.78 is 3.62. The van der Waals surface area contributed by atoms with E-state index < -0.39 is 0 Å². The average Bonchev–Trinajstić information content (AvgIpc) is 3.40. The number of piperidine rings is 1. The lowest BCUT2D eigenvalue weighted by molar-refractivity contribution is -0.132. The second-order valence-corrected chi connectivity index (χ2v) is 10.9. The van der Waals surface area contributed by atoms with E-state index in [1.165, 1.54) is 0 Å². The highest BCUT2D eigenvalue weighted by molar-refractivity contribution is 6.33. The maximum Gasteiger partial charge on any atom is 0.260 e. The third-order valence-electron chi connectivity index (χ3n) is 7.43. The highest BCUT2D eigenvalue weighted by Gasteiger charge is 2.29. The Bertz CT molecular complexity index is 1590. The first-order valence-corrected chi connectivity index (χ1v) is 14.0. The highest BCUT2D eigenvalue weighted by atomic mass is 35.5. The molecule has 5 rings (SSSR count). The van der Waals surface area contributed by atoms with E-state index in [-0.39, 0.29) is 17.5 Å². The lowest BCUT2D eigenvalue weighted by Gasteiger charge is -2.34. The topological polar surface area (TPSA) is 101 Å². The molecule has 0 radical (unpaired) electrons. The summed E-state index contributed by atoms with van der Waals surface area (Å²) in [7, 11) is 4.04. The number of carbonyl (C=O) groups is 1. The zero-order valence-corrected chi connectivity index (χ0v) is 24.1.